The van der Waals surface area contributed by atoms with Crippen LogP contribution in [0.3, 0.4) is 0 Å². The van der Waals surface area contributed by atoms with E-state index in [1.54, 1.807) is 6.92 Å². The second kappa shape index (κ2) is 9.80. The number of hydrogen-bond donors (Lipinski definition) is 7. The zero-order valence-corrected chi connectivity index (χ0v) is 15.1. The summed E-state index contributed by atoms with van der Waals surface area (Å²) in [7, 11) is 0. The molecular weight excluding hydrogens is 384 g/mol. The number of hydrogen-bond acceptors (Lipinski definition) is 12. The van der Waals surface area contributed by atoms with Crippen molar-refractivity contribution in [3.8, 4) is 0 Å². The molecule has 0 radical (unpaired) electrons. The monoisotopic (exact) mass is 410 g/mol. The third kappa shape index (κ3) is 4.72. The Labute approximate surface area is 160 Å². The maximum Gasteiger partial charge on any atom is 0.378 e. The smallest absolute Gasteiger partial charge is 0.378 e. The summed E-state index contributed by atoms with van der Waals surface area (Å²) in [5, 5.41) is 67.5. The molecule has 1 saturated heterocycles. The van der Waals surface area contributed by atoms with Gasteiger partial charge in [0.15, 0.2) is 11.9 Å². The van der Waals surface area contributed by atoms with Crippen LogP contribution in [0.15, 0.2) is 11.5 Å². The Hall–Kier alpha value is -1.51. The van der Waals surface area contributed by atoms with Gasteiger partial charge in [-0.15, -0.1) is 0 Å². The van der Waals surface area contributed by atoms with Crippen LogP contribution in [0, 0.1) is 0 Å². The first kappa shape index (κ1) is 22.8. The first-order valence-corrected chi connectivity index (χ1v) is 8.77. The topological polar surface area (TPSA) is 196 Å². The van der Waals surface area contributed by atoms with Crippen molar-refractivity contribution in [2.45, 2.75) is 62.4 Å². The molecule has 1 fully saturated rings. The molecule has 0 aliphatic carbocycles. The van der Waals surface area contributed by atoms with E-state index in [9.17, 15) is 35.4 Å². The standard InChI is InChI=1S/C16H26O12/c1-2-6(19)5-25-13-12(7(20)3-17)27-15(24)14(13)28-16-11(23)10(22)9(21)8(4-18)26-16/h6-12,16-23H,2-5H2,1H3/t6?,7-,8+,9+,10-,11+,12+,16?/m0/s1. The third-order valence-corrected chi connectivity index (χ3v) is 4.42. The maximum absolute atomic E-state index is 12.2. The molecule has 12 nitrogen and oxygen atoms in total. The minimum Gasteiger partial charge on any atom is -0.487 e. The SMILES string of the molecule is CCC(O)COC1=C(OC2O[C@H](CO)[C@@H](O)[C@H](O)[C@H]2O)C(=O)O[C@@H]1[C@@H](O)CO. The number of carbonyl (C=O) groups is 1. The average Bonchev–Trinajstić information content (AvgIpc) is 3.01. The Morgan fingerprint density at radius 2 is 1.79 bits per heavy atom. The van der Waals surface area contributed by atoms with Gasteiger partial charge < -0.3 is 54.7 Å². The number of cyclic esters (lactones) is 1. The van der Waals surface area contributed by atoms with Gasteiger partial charge in [0.05, 0.1) is 19.3 Å². The van der Waals surface area contributed by atoms with E-state index < -0.39 is 74.0 Å². The Bertz CT molecular complexity index is 564. The predicted molar refractivity (Wildman–Crippen MR) is 87.1 cm³/mol. The Morgan fingerprint density at radius 1 is 1.11 bits per heavy atom. The number of rotatable bonds is 9. The highest BCUT2D eigenvalue weighted by Gasteiger charge is 2.48. The third-order valence-electron chi connectivity index (χ3n) is 4.42. The van der Waals surface area contributed by atoms with Gasteiger partial charge in [-0.2, -0.15) is 0 Å². The molecular formula is C16H26O12. The largest absolute Gasteiger partial charge is 0.487 e. The highest BCUT2D eigenvalue weighted by molar-refractivity contribution is 5.89. The van der Waals surface area contributed by atoms with E-state index in [1.807, 2.05) is 0 Å². The fraction of sp³-hybridized carbons (Fsp3) is 0.812. The lowest BCUT2D eigenvalue weighted by Gasteiger charge is -2.39. The van der Waals surface area contributed by atoms with Crippen molar-refractivity contribution in [3.05, 3.63) is 11.5 Å². The van der Waals surface area contributed by atoms with Gasteiger partial charge in [-0.3, -0.25) is 0 Å². The number of ether oxygens (including phenoxy) is 4. The molecule has 28 heavy (non-hydrogen) atoms. The van der Waals surface area contributed by atoms with Crippen LogP contribution in [0.5, 0.6) is 0 Å². The summed E-state index contributed by atoms with van der Waals surface area (Å²) in [6.45, 7) is -0.0660. The maximum atomic E-state index is 12.2. The molecule has 0 aromatic carbocycles. The summed E-state index contributed by atoms with van der Waals surface area (Å²) in [6, 6.07) is 0. The molecule has 2 unspecified atom stereocenters. The molecule has 2 aliphatic rings. The van der Waals surface area contributed by atoms with Gasteiger partial charge in [-0.05, 0) is 6.42 Å². The van der Waals surface area contributed by atoms with Crippen LogP contribution in [0.25, 0.3) is 0 Å². The molecule has 2 heterocycles. The lowest BCUT2D eigenvalue weighted by molar-refractivity contribution is -0.291. The van der Waals surface area contributed by atoms with E-state index in [-0.39, 0.29) is 12.4 Å². The number of aliphatic hydroxyl groups is 7. The summed E-state index contributed by atoms with van der Waals surface area (Å²) >= 11 is 0. The Balaban J connectivity index is 2.27. The Morgan fingerprint density at radius 3 is 2.36 bits per heavy atom. The van der Waals surface area contributed by atoms with Gasteiger partial charge in [0.25, 0.3) is 0 Å². The molecule has 0 aromatic rings. The highest BCUT2D eigenvalue weighted by Crippen LogP contribution is 2.31. The summed E-state index contributed by atoms with van der Waals surface area (Å²) < 4.78 is 20.7. The second-order valence-electron chi connectivity index (χ2n) is 6.46. The highest BCUT2D eigenvalue weighted by atomic mass is 16.7. The lowest BCUT2D eigenvalue weighted by Crippen LogP contribution is -2.59. The van der Waals surface area contributed by atoms with Crippen molar-refractivity contribution in [1.29, 1.82) is 0 Å². The quantitative estimate of drug-likeness (QED) is 0.183. The van der Waals surface area contributed by atoms with E-state index in [0.717, 1.165) is 0 Å². The Kier molecular flexibility index (Phi) is 7.97. The van der Waals surface area contributed by atoms with Gasteiger partial charge in [0.2, 0.25) is 12.0 Å². The summed E-state index contributed by atoms with van der Waals surface area (Å²) in [4.78, 5) is 12.2. The average molecular weight is 410 g/mol. The fourth-order valence-electron chi connectivity index (χ4n) is 2.64. The number of esters is 1. The van der Waals surface area contributed by atoms with Gasteiger partial charge in [-0.1, -0.05) is 6.92 Å². The molecule has 12 heteroatoms. The predicted octanol–water partition coefficient (Wildman–Crippen LogP) is -3.92. The number of aliphatic hydroxyl groups excluding tert-OH is 7. The van der Waals surface area contributed by atoms with Crippen molar-refractivity contribution in [2.24, 2.45) is 0 Å². The van der Waals surface area contributed by atoms with Crippen LogP contribution in [0.2, 0.25) is 0 Å². The van der Waals surface area contributed by atoms with Crippen molar-refractivity contribution < 1.29 is 59.5 Å². The summed E-state index contributed by atoms with van der Waals surface area (Å²) in [5.41, 5.74) is 0. The van der Waals surface area contributed by atoms with Crippen molar-refractivity contribution in [3.63, 3.8) is 0 Å². The van der Waals surface area contributed by atoms with E-state index in [0.29, 0.717) is 6.42 Å². The first-order chi connectivity index (χ1) is 13.2. The summed E-state index contributed by atoms with van der Waals surface area (Å²) in [5.74, 6) is -2.04. The molecule has 7 N–H and O–H groups in total. The first-order valence-electron chi connectivity index (χ1n) is 8.77. The molecule has 0 aromatic heterocycles. The summed E-state index contributed by atoms with van der Waals surface area (Å²) in [6.07, 6.45) is -11.6. The van der Waals surface area contributed by atoms with E-state index in [2.05, 4.69) is 0 Å². The number of carbonyl (C=O) groups excluding carboxylic acids is 1. The molecule has 2 aliphatic heterocycles. The minimum absolute atomic E-state index is 0.279. The van der Waals surface area contributed by atoms with Crippen LogP contribution in [-0.4, -0.2) is 111 Å². The fourth-order valence-corrected chi connectivity index (χ4v) is 2.64. The molecule has 0 saturated carbocycles. The van der Waals surface area contributed by atoms with Crippen molar-refractivity contribution in [2.75, 3.05) is 19.8 Å². The lowest BCUT2D eigenvalue weighted by atomic mass is 9.99. The van der Waals surface area contributed by atoms with E-state index in [1.165, 1.54) is 0 Å². The molecule has 2 rings (SSSR count). The van der Waals surface area contributed by atoms with Crippen LogP contribution in [-0.2, 0) is 23.7 Å². The van der Waals surface area contributed by atoms with E-state index >= 15 is 0 Å². The minimum atomic E-state index is -1.79. The van der Waals surface area contributed by atoms with Crippen LogP contribution in [0.1, 0.15) is 13.3 Å². The van der Waals surface area contributed by atoms with Crippen molar-refractivity contribution >= 4 is 5.97 Å². The van der Waals surface area contributed by atoms with Gasteiger partial charge >= 0.3 is 5.97 Å². The van der Waals surface area contributed by atoms with Crippen molar-refractivity contribution in [1.82, 2.24) is 0 Å². The van der Waals surface area contributed by atoms with Crippen LogP contribution < -0.4 is 0 Å². The normalized spacial score (nSPS) is 35.5. The van der Waals surface area contributed by atoms with E-state index in [4.69, 9.17) is 24.1 Å². The molecule has 0 bridgehead atoms. The van der Waals surface area contributed by atoms with Gasteiger partial charge in [-0.25, -0.2) is 4.79 Å². The second-order valence-corrected chi connectivity index (χ2v) is 6.46. The molecule has 8 atom stereocenters. The zero-order chi connectivity index (χ0) is 21.0. The van der Waals surface area contributed by atoms with Gasteiger partial charge in [0.1, 0.15) is 37.1 Å². The molecule has 0 amide bonds. The molecule has 0 spiro atoms. The van der Waals surface area contributed by atoms with Crippen LogP contribution in [0.4, 0.5) is 0 Å². The molecule has 162 valence electrons. The van der Waals surface area contributed by atoms with Gasteiger partial charge in [0, 0.05) is 0 Å². The van der Waals surface area contributed by atoms with Crippen LogP contribution >= 0.6 is 0 Å². The zero-order valence-electron chi connectivity index (χ0n) is 15.1.